The Bertz CT molecular complexity index is 874. The summed E-state index contributed by atoms with van der Waals surface area (Å²) in [4.78, 5) is 4.24. The number of aromatic nitrogens is 2. The highest BCUT2D eigenvalue weighted by molar-refractivity contribution is 7.87. The number of ether oxygens (including phenoxy) is 1. The van der Waals surface area contributed by atoms with E-state index in [1.54, 1.807) is 13.8 Å². The van der Waals surface area contributed by atoms with Crippen LogP contribution in [0, 0.1) is 0 Å². The van der Waals surface area contributed by atoms with Crippen molar-refractivity contribution >= 4 is 33.3 Å². The van der Waals surface area contributed by atoms with Crippen LogP contribution in [-0.2, 0) is 16.7 Å². The molecule has 1 heterocycles. The van der Waals surface area contributed by atoms with E-state index in [0.717, 1.165) is 0 Å². The lowest BCUT2D eigenvalue weighted by Gasteiger charge is -2.15. The van der Waals surface area contributed by atoms with Crippen molar-refractivity contribution in [1.82, 2.24) is 9.55 Å². The molecule has 2 aromatic rings. The number of aliphatic hydroxyl groups is 1. The molecule has 0 saturated heterocycles. The fourth-order valence-electron chi connectivity index (χ4n) is 2.40. The first-order valence-corrected chi connectivity index (χ1v) is 9.94. The molecule has 0 spiro atoms. The third kappa shape index (κ3) is 4.62. The summed E-state index contributed by atoms with van der Waals surface area (Å²) < 4.78 is 37.6. The van der Waals surface area contributed by atoms with Gasteiger partial charge in [0.1, 0.15) is 5.75 Å². The van der Waals surface area contributed by atoms with Crippen molar-refractivity contribution in [2.45, 2.75) is 44.4 Å². The molecule has 0 aliphatic heterocycles. The highest BCUT2D eigenvalue weighted by Crippen LogP contribution is 2.32. The molecule has 26 heavy (non-hydrogen) atoms. The van der Waals surface area contributed by atoms with Crippen LogP contribution < -0.4 is 8.92 Å². The Kier molecular flexibility index (Phi) is 6.44. The Labute approximate surface area is 162 Å². The minimum absolute atomic E-state index is 0.0269. The Balaban J connectivity index is 2.61. The molecular formula is C16H20Cl2N2O5S. The zero-order chi connectivity index (χ0) is 19.6. The fraction of sp³-hybridized carbons (Fsp3) is 0.438. The van der Waals surface area contributed by atoms with E-state index in [4.69, 9.17) is 32.1 Å². The largest absolute Gasteiger partial charge is 0.468 e. The number of hydrogen-bond donors (Lipinski definition) is 1. The zero-order valence-electron chi connectivity index (χ0n) is 14.7. The van der Waals surface area contributed by atoms with Crippen LogP contribution in [0.3, 0.4) is 0 Å². The van der Waals surface area contributed by atoms with Gasteiger partial charge in [0.2, 0.25) is 5.03 Å². The van der Waals surface area contributed by atoms with E-state index in [1.165, 1.54) is 36.8 Å². The summed E-state index contributed by atoms with van der Waals surface area (Å²) in [5.41, 5.74) is 0.274. The molecule has 0 aliphatic carbocycles. The number of aliphatic hydroxyl groups excluding tert-OH is 1. The first kappa shape index (κ1) is 20.8. The normalized spacial score (nSPS) is 13.1. The number of imidazole rings is 1. The molecule has 0 saturated carbocycles. The van der Waals surface area contributed by atoms with Gasteiger partial charge in [-0.05, 0) is 18.9 Å². The first-order chi connectivity index (χ1) is 12.0. The van der Waals surface area contributed by atoms with Crippen LogP contribution in [0.4, 0.5) is 0 Å². The number of hydrogen-bond acceptors (Lipinski definition) is 6. The third-order valence-corrected chi connectivity index (χ3v) is 5.12. The predicted octanol–water partition coefficient (Wildman–Crippen LogP) is 3.47. The van der Waals surface area contributed by atoms with E-state index in [-0.39, 0.29) is 45.0 Å². The van der Waals surface area contributed by atoms with Crippen molar-refractivity contribution < 1.29 is 22.4 Å². The van der Waals surface area contributed by atoms with Crippen LogP contribution in [-0.4, -0.2) is 36.3 Å². The lowest BCUT2D eigenvalue weighted by molar-refractivity contribution is 0.164. The van der Waals surface area contributed by atoms with Gasteiger partial charge in [-0.25, -0.2) is 0 Å². The maximum Gasteiger partial charge on any atom is 0.357 e. The first-order valence-electron chi connectivity index (χ1n) is 7.78. The Hall–Kier alpha value is -1.48. The monoisotopic (exact) mass is 422 g/mol. The Morgan fingerprint density at radius 3 is 2.23 bits per heavy atom. The Morgan fingerprint density at radius 1 is 1.19 bits per heavy atom. The van der Waals surface area contributed by atoms with Gasteiger partial charge in [0, 0.05) is 22.2 Å². The smallest absolute Gasteiger partial charge is 0.357 e. The second kappa shape index (κ2) is 8.04. The van der Waals surface area contributed by atoms with Crippen molar-refractivity contribution in [3.8, 4) is 11.8 Å². The number of benzene rings is 1. The minimum Gasteiger partial charge on any atom is -0.468 e. The van der Waals surface area contributed by atoms with Crippen molar-refractivity contribution in [3.05, 3.63) is 33.9 Å². The standard InChI is InChI=1S/C16H20Cl2N2O5S/c1-9(2)14-15(20(8-10(3)21)16(19-14)24-4)26(22,23)25-13-6-11(17)5-12(18)7-13/h5-7,9-10,21H,8H2,1-4H3. The van der Waals surface area contributed by atoms with Gasteiger partial charge < -0.3 is 14.0 Å². The molecule has 1 aromatic carbocycles. The van der Waals surface area contributed by atoms with E-state index in [2.05, 4.69) is 4.98 Å². The lowest BCUT2D eigenvalue weighted by atomic mass is 10.1. The molecule has 10 heteroatoms. The molecule has 1 unspecified atom stereocenters. The topological polar surface area (TPSA) is 90.6 Å². The van der Waals surface area contributed by atoms with Crippen LogP contribution in [0.25, 0.3) is 0 Å². The highest BCUT2D eigenvalue weighted by atomic mass is 35.5. The maximum absolute atomic E-state index is 13.0. The fourth-order valence-corrected chi connectivity index (χ4v) is 4.29. The summed E-state index contributed by atoms with van der Waals surface area (Å²) in [5, 5.41) is 10.0. The van der Waals surface area contributed by atoms with Crippen molar-refractivity contribution in [3.63, 3.8) is 0 Å². The van der Waals surface area contributed by atoms with Gasteiger partial charge in [-0.15, -0.1) is 0 Å². The van der Waals surface area contributed by atoms with Crippen LogP contribution in [0.1, 0.15) is 32.4 Å². The third-order valence-electron chi connectivity index (χ3n) is 3.37. The van der Waals surface area contributed by atoms with Crippen LogP contribution >= 0.6 is 23.2 Å². The quantitative estimate of drug-likeness (QED) is 0.686. The van der Waals surface area contributed by atoms with E-state index >= 15 is 0 Å². The molecule has 7 nitrogen and oxygen atoms in total. The van der Waals surface area contributed by atoms with E-state index in [0.29, 0.717) is 0 Å². The molecule has 0 amide bonds. The van der Waals surface area contributed by atoms with Gasteiger partial charge in [0.25, 0.3) is 6.01 Å². The average Bonchev–Trinajstić information content (AvgIpc) is 2.84. The van der Waals surface area contributed by atoms with Gasteiger partial charge in [-0.3, -0.25) is 4.57 Å². The summed E-state index contributed by atoms with van der Waals surface area (Å²) >= 11 is 11.8. The molecule has 2 rings (SSSR count). The summed E-state index contributed by atoms with van der Waals surface area (Å²) in [6, 6.07) is 4.21. The lowest BCUT2D eigenvalue weighted by Crippen LogP contribution is -2.21. The van der Waals surface area contributed by atoms with E-state index < -0.39 is 16.2 Å². The summed E-state index contributed by atoms with van der Waals surface area (Å²) in [7, 11) is -2.92. The number of methoxy groups -OCH3 is 1. The SMILES string of the molecule is COc1nc(C(C)C)c(S(=O)(=O)Oc2cc(Cl)cc(Cl)c2)n1CC(C)O. The minimum atomic E-state index is -4.30. The zero-order valence-corrected chi connectivity index (χ0v) is 17.1. The maximum atomic E-state index is 13.0. The molecule has 144 valence electrons. The van der Waals surface area contributed by atoms with Gasteiger partial charge in [-0.1, -0.05) is 37.0 Å². The molecule has 1 atom stereocenters. The average molecular weight is 423 g/mol. The van der Waals surface area contributed by atoms with E-state index in [9.17, 15) is 13.5 Å². The summed E-state index contributed by atoms with van der Waals surface area (Å²) in [6.07, 6.45) is -0.826. The van der Waals surface area contributed by atoms with Gasteiger partial charge >= 0.3 is 10.1 Å². The molecule has 0 aliphatic rings. The Morgan fingerprint density at radius 2 is 1.77 bits per heavy atom. The number of halogens is 2. The predicted molar refractivity (Wildman–Crippen MR) is 98.8 cm³/mol. The van der Waals surface area contributed by atoms with Crippen molar-refractivity contribution in [1.29, 1.82) is 0 Å². The van der Waals surface area contributed by atoms with Crippen molar-refractivity contribution in [2.75, 3.05) is 7.11 Å². The van der Waals surface area contributed by atoms with Gasteiger partial charge in [-0.2, -0.15) is 13.4 Å². The number of nitrogens with zero attached hydrogens (tertiary/aromatic N) is 2. The number of rotatable bonds is 7. The molecule has 0 fully saturated rings. The van der Waals surface area contributed by atoms with Gasteiger partial charge in [0.15, 0.2) is 0 Å². The molecular weight excluding hydrogens is 403 g/mol. The van der Waals surface area contributed by atoms with Gasteiger partial charge in [0.05, 0.1) is 25.5 Å². The summed E-state index contributed by atoms with van der Waals surface area (Å²) in [6.45, 7) is 5.09. The molecule has 0 radical (unpaired) electrons. The molecule has 1 aromatic heterocycles. The molecule has 1 N–H and O–H groups in total. The van der Waals surface area contributed by atoms with Crippen LogP contribution in [0.15, 0.2) is 23.2 Å². The van der Waals surface area contributed by atoms with Crippen molar-refractivity contribution in [2.24, 2.45) is 0 Å². The second-order valence-corrected chi connectivity index (χ2v) is 8.38. The molecule has 0 bridgehead atoms. The summed E-state index contributed by atoms with van der Waals surface area (Å²) in [5.74, 6) is -0.253. The van der Waals surface area contributed by atoms with E-state index in [1.807, 2.05) is 0 Å². The highest BCUT2D eigenvalue weighted by Gasteiger charge is 2.32. The van der Waals surface area contributed by atoms with Crippen LogP contribution in [0.2, 0.25) is 10.0 Å². The second-order valence-electron chi connectivity index (χ2n) is 6.05. The van der Waals surface area contributed by atoms with Crippen LogP contribution in [0.5, 0.6) is 11.8 Å².